The lowest BCUT2D eigenvalue weighted by molar-refractivity contribution is 0.0164. The van der Waals surface area contributed by atoms with Crippen LogP contribution in [0.25, 0.3) is 11.1 Å². The molecule has 0 unspecified atom stereocenters. The van der Waals surface area contributed by atoms with Crippen LogP contribution in [-0.2, 0) is 9.47 Å². The quantitative estimate of drug-likeness (QED) is 0.190. The van der Waals surface area contributed by atoms with Gasteiger partial charge in [0, 0.05) is 0 Å². The van der Waals surface area contributed by atoms with Crippen molar-refractivity contribution < 1.29 is 38.9 Å². The van der Waals surface area contributed by atoms with Crippen molar-refractivity contribution in [1.29, 1.82) is 0 Å². The van der Waals surface area contributed by atoms with E-state index in [2.05, 4.69) is 48.5 Å². The number of ether oxygens (including phenoxy) is 2. The number of carbonyl (C=O) groups is 4. The minimum Gasteiger partial charge on any atom is -0.478 e. The van der Waals surface area contributed by atoms with Crippen LogP contribution in [0.2, 0.25) is 0 Å². The molecule has 2 N–H and O–H groups in total. The number of carboxylic acid groups (broad SMARTS) is 2. The van der Waals surface area contributed by atoms with Crippen LogP contribution >= 0.6 is 0 Å². The summed E-state index contributed by atoms with van der Waals surface area (Å²) in [6.07, 6.45) is 10.4. The average molecular weight is 651 g/mol. The molecule has 0 aromatic heterocycles. The zero-order valence-electron chi connectivity index (χ0n) is 27.0. The maximum atomic E-state index is 12.5. The van der Waals surface area contributed by atoms with Crippen LogP contribution < -0.4 is 0 Å². The second-order valence-corrected chi connectivity index (χ2v) is 11.8. The van der Waals surface area contributed by atoms with Gasteiger partial charge in [0.2, 0.25) is 0 Å². The second-order valence-electron chi connectivity index (χ2n) is 11.8. The van der Waals surface area contributed by atoms with Gasteiger partial charge in [0.05, 0.1) is 22.3 Å². The summed E-state index contributed by atoms with van der Waals surface area (Å²) < 4.78 is 11.2. The Morgan fingerprint density at radius 3 is 1.02 bits per heavy atom. The molecule has 0 atom stereocenters. The van der Waals surface area contributed by atoms with E-state index in [4.69, 9.17) is 19.7 Å². The van der Waals surface area contributed by atoms with E-state index in [1.807, 2.05) is 12.1 Å². The Morgan fingerprint density at radius 2 is 0.708 bits per heavy atom. The molecule has 0 radical (unpaired) electrons. The molecule has 0 amide bonds. The van der Waals surface area contributed by atoms with Crippen molar-refractivity contribution in [2.75, 3.05) is 0 Å². The van der Waals surface area contributed by atoms with Gasteiger partial charge in [-0.2, -0.15) is 0 Å². The average Bonchev–Trinajstić information content (AvgIpc) is 3.13. The van der Waals surface area contributed by atoms with E-state index in [1.54, 1.807) is 24.3 Å². The zero-order chi connectivity index (χ0) is 34.1. The fourth-order valence-electron chi connectivity index (χ4n) is 5.75. The summed E-state index contributed by atoms with van der Waals surface area (Å²) in [5.41, 5.74) is 2.82. The van der Waals surface area contributed by atoms with Gasteiger partial charge in [-0.15, -0.1) is 0 Å². The van der Waals surface area contributed by atoms with E-state index in [1.165, 1.54) is 48.2 Å². The third kappa shape index (κ3) is 10.9. The number of carbonyl (C=O) groups excluding carboxylic acids is 2. The Labute approximate surface area is 281 Å². The summed E-state index contributed by atoms with van der Waals surface area (Å²) in [5.74, 6) is -3.27. The van der Waals surface area contributed by atoms with Crippen molar-refractivity contribution in [2.24, 2.45) is 0 Å². The first-order chi connectivity index (χ1) is 23.3. The van der Waals surface area contributed by atoms with Gasteiger partial charge in [-0.3, -0.25) is 0 Å². The number of hydrogen-bond acceptors (Lipinski definition) is 6. The first-order valence-electron chi connectivity index (χ1n) is 16.5. The molecular formula is C40H42O8. The maximum absolute atomic E-state index is 12.5. The van der Waals surface area contributed by atoms with Crippen LogP contribution in [0.5, 0.6) is 0 Å². The van der Waals surface area contributed by atoms with Gasteiger partial charge in [0.1, 0.15) is 12.2 Å². The molecule has 4 aromatic rings. The molecule has 2 aliphatic carbocycles. The molecule has 0 bridgehead atoms. The fraction of sp³-hybridized carbons (Fsp3) is 0.300. The molecule has 0 spiro atoms. The molecule has 0 heterocycles. The van der Waals surface area contributed by atoms with Crippen LogP contribution in [0.3, 0.4) is 0 Å². The van der Waals surface area contributed by atoms with Gasteiger partial charge >= 0.3 is 23.9 Å². The fourth-order valence-corrected chi connectivity index (χ4v) is 5.75. The van der Waals surface area contributed by atoms with E-state index in [-0.39, 0.29) is 23.3 Å². The standard InChI is InChI=1S/C20H26O4.C12H10.C8H6O4/c21-19(23-15-9-3-1-4-10-15)17-13-7-8-14-18(17)20(22)24-16-11-5-2-6-12-16;1-3-7-11(8-4-1)12-9-5-2-6-10-12;9-7(10)5-3-1-2-4-6(5)8(11)12/h7-8,13-16H,1-6,9-12H2;1-10H;1-4H,(H,9,10)(H,11,12). The highest BCUT2D eigenvalue weighted by Gasteiger charge is 2.25. The van der Waals surface area contributed by atoms with E-state index < -0.39 is 23.9 Å². The van der Waals surface area contributed by atoms with Crippen molar-refractivity contribution in [3.63, 3.8) is 0 Å². The van der Waals surface area contributed by atoms with Crippen molar-refractivity contribution in [3.8, 4) is 11.1 Å². The number of esters is 2. The molecule has 0 aliphatic heterocycles. The van der Waals surface area contributed by atoms with E-state index >= 15 is 0 Å². The Hall–Kier alpha value is -5.24. The highest BCUT2D eigenvalue weighted by Crippen LogP contribution is 2.25. The Kier molecular flexibility index (Phi) is 13.9. The summed E-state index contributed by atoms with van der Waals surface area (Å²) in [6, 6.07) is 33.1. The normalized spacial score (nSPS) is 14.6. The van der Waals surface area contributed by atoms with E-state index in [9.17, 15) is 19.2 Å². The molecule has 48 heavy (non-hydrogen) atoms. The lowest BCUT2D eigenvalue weighted by Gasteiger charge is -2.23. The molecule has 0 saturated heterocycles. The van der Waals surface area contributed by atoms with Crippen LogP contribution in [0.4, 0.5) is 0 Å². The van der Waals surface area contributed by atoms with E-state index in [0.717, 1.165) is 51.4 Å². The summed E-state index contributed by atoms with van der Waals surface area (Å²) in [4.78, 5) is 45.9. The van der Waals surface area contributed by atoms with Gasteiger partial charge in [-0.1, -0.05) is 97.8 Å². The van der Waals surface area contributed by atoms with E-state index in [0.29, 0.717) is 11.1 Å². The minimum atomic E-state index is -1.23. The molecule has 8 nitrogen and oxygen atoms in total. The lowest BCUT2D eigenvalue weighted by Crippen LogP contribution is -2.24. The van der Waals surface area contributed by atoms with Gasteiger partial charge in [0.15, 0.2) is 0 Å². The maximum Gasteiger partial charge on any atom is 0.339 e. The lowest BCUT2D eigenvalue weighted by atomic mass is 9.97. The molecule has 4 aromatic carbocycles. The van der Waals surface area contributed by atoms with Gasteiger partial charge in [-0.05, 0) is 86.8 Å². The molecule has 8 heteroatoms. The topological polar surface area (TPSA) is 127 Å². The Bertz CT molecular complexity index is 1500. The predicted octanol–water partition coefficient (Wildman–Crippen LogP) is 9.10. The third-order valence-electron chi connectivity index (χ3n) is 8.29. The molecule has 2 aliphatic rings. The van der Waals surface area contributed by atoms with Gasteiger partial charge in [-0.25, -0.2) is 19.2 Å². The summed E-state index contributed by atoms with van der Waals surface area (Å²) in [7, 11) is 0. The van der Waals surface area contributed by atoms with Crippen LogP contribution in [-0.4, -0.2) is 46.3 Å². The number of rotatable bonds is 7. The Balaban J connectivity index is 0.000000181. The molecular weight excluding hydrogens is 608 g/mol. The summed E-state index contributed by atoms with van der Waals surface area (Å²) in [6.45, 7) is 0. The van der Waals surface area contributed by atoms with Crippen LogP contribution in [0, 0.1) is 0 Å². The number of hydrogen-bond donors (Lipinski definition) is 2. The predicted molar refractivity (Wildman–Crippen MR) is 183 cm³/mol. The molecule has 2 fully saturated rings. The molecule has 2 saturated carbocycles. The minimum absolute atomic E-state index is 0.0197. The number of aromatic carboxylic acids is 2. The summed E-state index contributed by atoms with van der Waals surface area (Å²) >= 11 is 0. The molecule has 6 rings (SSSR count). The SMILES string of the molecule is O=C(O)c1ccccc1C(=O)O.O=C(OC1CCCCC1)c1ccccc1C(=O)OC1CCCCC1.c1ccc(-c2ccccc2)cc1. The van der Waals surface area contributed by atoms with Crippen molar-refractivity contribution >= 4 is 23.9 Å². The Morgan fingerprint density at radius 1 is 0.417 bits per heavy atom. The first kappa shape index (κ1) is 35.6. The van der Waals surface area contributed by atoms with Crippen LogP contribution in [0.15, 0.2) is 109 Å². The van der Waals surface area contributed by atoms with Gasteiger partial charge in [0.25, 0.3) is 0 Å². The smallest absolute Gasteiger partial charge is 0.339 e. The summed E-state index contributed by atoms with van der Waals surface area (Å²) in [5, 5.41) is 17.1. The highest BCUT2D eigenvalue weighted by atomic mass is 16.6. The molecule has 250 valence electrons. The van der Waals surface area contributed by atoms with Crippen molar-refractivity contribution in [2.45, 2.75) is 76.4 Å². The third-order valence-corrected chi connectivity index (χ3v) is 8.29. The highest BCUT2D eigenvalue weighted by molar-refractivity contribution is 6.03. The monoisotopic (exact) mass is 650 g/mol. The zero-order valence-corrected chi connectivity index (χ0v) is 27.0. The van der Waals surface area contributed by atoms with Crippen LogP contribution in [0.1, 0.15) is 106 Å². The second kappa shape index (κ2) is 18.8. The first-order valence-corrected chi connectivity index (χ1v) is 16.5. The largest absolute Gasteiger partial charge is 0.478 e. The van der Waals surface area contributed by atoms with Crippen molar-refractivity contribution in [3.05, 3.63) is 131 Å². The van der Waals surface area contributed by atoms with Gasteiger partial charge < -0.3 is 19.7 Å². The number of carboxylic acids is 2. The number of benzene rings is 4. The van der Waals surface area contributed by atoms with Crippen molar-refractivity contribution in [1.82, 2.24) is 0 Å².